The first-order chi connectivity index (χ1) is 8.90. The second-order valence-electron chi connectivity index (χ2n) is 5.46. The van der Waals surface area contributed by atoms with Gasteiger partial charge in [0.1, 0.15) is 6.10 Å². The van der Waals surface area contributed by atoms with Gasteiger partial charge in [-0.25, -0.2) is 0 Å². The van der Waals surface area contributed by atoms with E-state index in [0.717, 1.165) is 38.0 Å². The Hall–Kier alpha value is -0.980. The van der Waals surface area contributed by atoms with Crippen molar-refractivity contribution in [2.45, 2.75) is 30.9 Å². The van der Waals surface area contributed by atoms with E-state index in [1.54, 1.807) is 0 Å². The molecule has 4 rings (SSSR count). The molecule has 0 amide bonds. The topological polar surface area (TPSA) is 63.4 Å². The van der Waals surface area contributed by atoms with Crippen molar-refractivity contribution in [3.05, 3.63) is 11.7 Å². The van der Waals surface area contributed by atoms with Gasteiger partial charge in [0.2, 0.25) is 11.7 Å². The minimum atomic E-state index is -0.00937. The SMILES string of the molecule is C1CC2COC(c3noc(C4CNC4)n3)CN2C1. The lowest BCUT2D eigenvalue weighted by Gasteiger charge is -2.33. The maximum Gasteiger partial charge on any atom is 0.232 e. The minimum absolute atomic E-state index is 0.00937. The fourth-order valence-electron chi connectivity index (χ4n) is 2.98. The number of rotatable bonds is 2. The molecule has 18 heavy (non-hydrogen) atoms. The Morgan fingerprint density at radius 2 is 2.28 bits per heavy atom. The zero-order valence-corrected chi connectivity index (χ0v) is 10.3. The lowest BCUT2D eigenvalue weighted by Crippen LogP contribution is -2.42. The number of hydrogen-bond acceptors (Lipinski definition) is 6. The smallest absolute Gasteiger partial charge is 0.232 e. The van der Waals surface area contributed by atoms with Gasteiger partial charge >= 0.3 is 0 Å². The van der Waals surface area contributed by atoms with Crippen LogP contribution < -0.4 is 5.32 Å². The summed E-state index contributed by atoms with van der Waals surface area (Å²) in [4.78, 5) is 7.00. The molecule has 3 aliphatic rings. The van der Waals surface area contributed by atoms with Crippen molar-refractivity contribution in [2.75, 3.05) is 32.8 Å². The average molecular weight is 250 g/mol. The summed E-state index contributed by atoms with van der Waals surface area (Å²) in [6.45, 7) is 4.79. The first-order valence-electron chi connectivity index (χ1n) is 6.80. The van der Waals surface area contributed by atoms with Crippen molar-refractivity contribution in [1.82, 2.24) is 20.4 Å². The Labute approximate surface area is 106 Å². The lowest BCUT2D eigenvalue weighted by atomic mass is 10.0. The molecule has 3 fully saturated rings. The van der Waals surface area contributed by atoms with E-state index in [1.807, 2.05) is 0 Å². The third kappa shape index (κ3) is 1.75. The maximum absolute atomic E-state index is 5.88. The molecule has 98 valence electrons. The summed E-state index contributed by atoms with van der Waals surface area (Å²) in [5.41, 5.74) is 0. The molecule has 1 aromatic heterocycles. The first-order valence-corrected chi connectivity index (χ1v) is 6.80. The molecule has 0 radical (unpaired) electrons. The molecule has 6 nitrogen and oxygen atoms in total. The van der Waals surface area contributed by atoms with Gasteiger partial charge in [-0.15, -0.1) is 0 Å². The predicted molar refractivity (Wildman–Crippen MR) is 63.2 cm³/mol. The van der Waals surface area contributed by atoms with Crippen LogP contribution in [0.5, 0.6) is 0 Å². The molecule has 2 unspecified atom stereocenters. The summed E-state index contributed by atoms with van der Waals surface area (Å²) in [6, 6.07) is 0.614. The molecular weight excluding hydrogens is 232 g/mol. The van der Waals surface area contributed by atoms with Gasteiger partial charge in [0.05, 0.1) is 12.5 Å². The number of nitrogens with one attached hydrogen (secondary N) is 1. The maximum atomic E-state index is 5.88. The van der Waals surface area contributed by atoms with E-state index in [1.165, 1.54) is 19.4 Å². The van der Waals surface area contributed by atoms with Crippen LogP contribution >= 0.6 is 0 Å². The summed E-state index contributed by atoms with van der Waals surface area (Å²) < 4.78 is 11.2. The Bertz CT molecular complexity index is 431. The Morgan fingerprint density at radius 3 is 3.11 bits per heavy atom. The molecule has 2 atom stereocenters. The molecule has 3 aliphatic heterocycles. The fraction of sp³-hybridized carbons (Fsp3) is 0.833. The van der Waals surface area contributed by atoms with Gasteiger partial charge in [-0.05, 0) is 19.4 Å². The van der Waals surface area contributed by atoms with E-state index in [-0.39, 0.29) is 6.10 Å². The van der Waals surface area contributed by atoms with E-state index in [4.69, 9.17) is 9.26 Å². The van der Waals surface area contributed by atoms with Crippen LogP contribution in [0, 0.1) is 0 Å². The zero-order chi connectivity index (χ0) is 11.9. The van der Waals surface area contributed by atoms with Crippen LogP contribution in [0.3, 0.4) is 0 Å². The fourth-order valence-corrected chi connectivity index (χ4v) is 2.98. The Kier molecular flexibility index (Phi) is 2.60. The van der Waals surface area contributed by atoms with E-state index in [9.17, 15) is 0 Å². The molecule has 0 aromatic carbocycles. The van der Waals surface area contributed by atoms with Crippen molar-refractivity contribution in [2.24, 2.45) is 0 Å². The Morgan fingerprint density at radius 1 is 1.33 bits per heavy atom. The van der Waals surface area contributed by atoms with Crippen LogP contribution in [0.1, 0.15) is 36.6 Å². The minimum Gasteiger partial charge on any atom is -0.367 e. The van der Waals surface area contributed by atoms with Crippen molar-refractivity contribution < 1.29 is 9.26 Å². The largest absolute Gasteiger partial charge is 0.367 e. The summed E-state index contributed by atoms with van der Waals surface area (Å²) in [7, 11) is 0. The third-order valence-electron chi connectivity index (χ3n) is 4.27. The van der Waals surface area contributed by atoms with Crippen LogP contribution in [0.25, 0.3) is 0 Å². The highest BCUT2D eigenvalue weighted by Gasteiger charge is 2.35. The van der Waals surface area contributed by atoms with E-state index >= 15 is 0 Å². The van der Waals surface area contributed by atoms with Crippen LogP contribution in [-0.4, -0.2) is 53.9 Å². The molecule has 1 aromatic rings. The van der Waals surface area contributed by atoms with Gasteiger partial charge in [0.25, 0.3) is 0 Å². The molecule has 0 spiro atoms. The highest BCUT2D eigenvalue weighted by molar-refractivity contribution is 5.03. The molecule has 0 aliphatic carbocycles. The van der Waals surface area contributed by atoms with Crippen LogP contribution in [0.2, 0.25) is 0 Å². The van der Waals surface area contributed by atoms with E-state index in [0.29, 0.717) is 12.0 Å². The molecule has 0 saturated carbocycles. The van der Waals surface area contributed by atoms with Crippen molar-refractivity contribution in [3.63, 3.8) is 0 Å². The second kappa shape index (κ2) is 4.29. The Balaban J connectivity index is 1.47. The van der Waals surface area contributed by atoms with Crippen LogP contribution in [0.4, 0.5) is 0 Å². The molecule has 1 N–H and O–H groups in total. The summed E-state index contributed by atoms with van der Waals surface area (Å²) in [5.74, 6) is 1.88. The number of morpholine rings is 1. The van der Waals surface area contributed by atoms with Gasteiger partial charge in [-0.3, -0.25) is 4.90 Å². The molecule has 3 saturated heterocycles. The number of hydrogen-bond donors (Lipinski definition) is 1. The number of fused-ring (bicyclic) bond motifs is 1. The van der Waals surface area contributed by atoms with Gasteiger partial charge in [0, 0.05) is 25.7 Å². The van der Waals surface area contributed by atoms with Crippen LogP contribution in [0.15, 0.2) is 4.52 Å². The summed E-state index contributed by atoms with van der Waals surface area (Å²) in [6.07, 6.45) is 2.54. The van der Waals surface area contributed by atoms with E-state index in [2.05, 4.69) is 20.4 Å². The molecule has 6 heteroatoms. The normalized spacial score (nSPS) is 33.3. The molecule has 0 bridgehead atoms. The number of aromatic nitrogens is 2. The highest BCUT2D eigenvalue weighted by atomic mass is 16.5. The van der Waals surface area contributed by atoms with E-state index < -0.39 is 0 Å². The average Bonchev–Trinajstić information content (AvgIpc) is 2.93. The van der Waals surface area contributed by atoms with Gasteiger partial charge in [-0.1, -0.05) is 5.16 Å². The molecular formula is C12H18N4O2. The standard InChI is InChI=1S/C12H18N4O2/c1-2-9-7-17-10(6-16(9)3-1)11-14-12(18-15-11)8-4-13-5-8/h8-10,13H,1-7H2. The predicted octanol–water partition coefficient (Wildman–Crippen LogP) is 0.292. The van der Waals surface area contributed by atoms with Crippen molar-refractivity contribution in [3.8, 4) is 0 Å². The number of ether oxygens (including phenoxy) is 1. The zero-order valence-electron chi connectivity index (χ0n) is 10.3. The second-order valence-corrected chi connectivity index (χ2v) is 5.46. The van der Waals surface area contributed by atoms with Gasteiger partial charge in [0.15, 0.2) is 0 Å². The number of nitrogens with zero attached hydrogens (tertiary/aromatic N) is 3. The van der Waals surface area contributed by atoms with Gasteiger partial charge in [-0.2, -0.15) is 4.98 Å². The van der Waals surface area contributed by atoms with Crippen LogP contribution in [-0.2, 0) is 4.74 Å². The van der Waals surface area contributed by atoms with Crippen molar-refractivity contribution in [1.29, 1.82) is 0 Å². The van der Waals surface area contributed by atoms with Crippen molar-refractivity contribution >= 4 is 0 Å². The quantitative estimate of drug-likeness (QED) is 0.814. The third-order valence-corrected chi connectivity index (χ3v) is 4.27. The highest BCUT2D eigenvalue weighted by Crippen LogP contribution is 2.29. The van der Waals surface area contributed by atoms with Gasteiger partial charge < -0.3 is 14.6 Å². The monoisotopic (exact) mass is 250 g/mol. The first kappa shape index (κ1) is 10.9. The molecule has 4 heterocycles. The lowest BCUT2D eigenvalue weighted by molar-refractivity contribution is -0.0548. The summed E-state index contributed by atoms with van der Waals surface area (Å²) >= 11 is 0. The summed E-state index contributed by atoms with van der Waals surface area (Å²) in [5, 5.41) is 7.30.